The van der Waals surface area contributed by atoms with Crippen LogP contribution in [-0.4, -0.2) is 54.1 Å². The summed E-state index contributed by atoms with van der Waals surface area (Å²) >= 11 is 0. The molecule has 0 radical (unpaired) electrons. The zero-order chi connectivity index (χ0) is 24.7. The maximum absolute atomic E-state index is 12.7. The summed E-state index contributed by atoms with van der Waals surface area (Å²) in [7, 11) is 1.89. The van der Waals surface area contributed by atoms with Crippen molar-refractivity contribution in [3.8, 4) is 0 Å². The second-order valence-electron chi connectivity index (χ2n) is 12.7. The van der Waals surface area contributed by atoms with Gasteiger partial charge in [0.15, 0.2) is 0 Å². The van der Waals surface area contributed by atoms with Gasteiger partial charge in [-0.25, -0.2) is 4.79 Å². The SMILES string of the molecule is CNCCN(C(=O)O/N=C(\C)[C@H]1CC[C@H]2[C@@H]3CC[C@H]4C[C@H](O)CC[C@]4(C)[C@H]3CC[C@]12C)C(C)C. The van der Waals surface area contributed by atoms with E-state index in [1.807, 2.05) is 20.9 Å². The molecule has 0 aromatic heterocycles. The highest BCUT2D eigenvalue weighted by molar-refractivity contribution is 5.85. The number of likely N-dealkylation sites (N-methyl/N-ethyl adjacent to an activating group) is 1. The zero-order valence-corrected chi connectivity index (χ0v) is 22.5. The van der Waals surface area contributed by atoms with E-state index in [0.717, 1.165) is 49.3 Å². The number of carbonyl (C=O) groups excluding carboxylic acids is 1. The van der Waals surface area contributed by atoms with Crippen LogP contribution in [0.2, 0.25) is 0 Å². The van der Waals surface area contributed by atoms with E-state index in [2.05, 4.69) is 31.2 Å². The summed E-state index contributed by atoms with van der Waals surface area (Å²) in [6.45, 7) is 12.5. The Kier molecular flexibility index (Phi) is 7.69. The van der Waals surface area contributed by atoms with E-state index in [1.165, 1.54) is 38.5 Å². The number of hydrogen-bond acceptors (Lipinski definition) is 5. The lowest BCUT2D eigenvalue weighted by Gasteiger charge is -2.61. The Morgan fingerprint density at radius 1 is 1.09 bits per heavy atom. The van der Waals surface area contributed by atoms with E-state index in [-0.39, 0.29) is 23.7 Å². The molecule has 0 aromatic carbocycles. The van der Waals surface area contributed by atoms with E-state index in [0.29, 0.717) is 23.8 Å². The molecule has 4 rings (SSSR count). The number of carbonyl (C=O) groups is 1. The minimum atomic E-state index is -0.348. The molecule has 2 N–H and O–H groups in total. The molecule has 8 atom stereocenters. The fraction of sp³-hybridized carbons (Fsp3) is 0.929. The Labute approximate surface area is 207 Å². The van der Waals surface area contributed by atoms with Crippen LogP contribution in [0, 0.1) is 40.4 Å². The molecule has 0 spiro atoms. The Morgan fingerprint density at radius 2 is 1.79 bits per heavy atom. The minimum absolute atomic E-state index is 0.0780. The Bertz CT molecular complexity index is 770. The van der Waals surface area contributed by atoms with Gasteiger partial charge in [0.25, 0.3) is 0 Å². The third kappa shape index (κ3) is 4.54. The van der Waals surface area contributed by atoms with Gasteiger partial charge in [-0.3, -0.25) is 4.84 Å². The van der Waals surface area contributed by atoms with Crippen molar-refractivity contribution in [2.45, 2.75) is 105 Å². The summed E-state index contributed by atoms with van der Waals surface area (Å²) in [4.78, 5) is 19.9. The van der Waals surface area contributed by atoms with E-state index < -0.39 is 0 Å². The van der Waals surface area contributed by atoms with Crippen molar-refractivity contribution in [1.82, 2.24) is 10.2 Å². The first-order chi connectivity index (χ1) is 16.1. The third-order valence-electron chi connectivity index (χ3n) is 10.9. The van der Waals surface area contributed by atoms with Crippen LogP contribution in [0.15, 0.2) is 5.16 Å². The lowest BCUT2D eigenvalue weighted by Crippen LogP contribution is -2.54. The fourth-order valence-corrected chi connectivity index (χ4v) is 8.94. The molecule has 6 heteroatoms. The van der Waals surface area contributed by atoms with Crippen LogP contribution < -0.4 is 5.32 Å². The number of rotatable bonds is 6. The highest BCUT2D eigenvalue weighted by atomic mass is 16.7. The molecule has 0 saturated heterocycles. The largest absolute Gasteiger partial charge is 0.436 e. The summed E-state index contributed by atoms with van der Waals surface area (Å²) in [5.74, 6) is 3.44. The predicted octanol–water partition coefficient (Wildman–Crippen LogP) is 5.45. The van der Waals surface area contributed by atoms with Gasteiger partial charge in [0.05, 0.1) is 11.8 Å². The summed E-state index contributed by atoms with van der Waals surface area (Å²) in [6.07, 6.45) is 10.4. The van der Waals surface area contributed by atoms with Crippen molar-refractivity contribution < 1.29 is 14.7 Å². The van der Waals surface area contributed by atoms with Gasteiger partial charge in [-0.15, -0.1) is 0 Å². The van der Waals surface area contributed by atoms with Crippen molar-refractivity contribution in [1.29, 1.82) is 0 Å². The van der Waals surface area contributed by atoms with Gasteiger partial charge < -0.3 is 15.3 Å². The van der Waals surface area contributed by atoms with Crippen LogP contribution in [0.25, 0.3) is 0 Å². The van der Waals surface area contributed by atoms with E-state index >= 15 is 0 Å². The number of fused-ring (bicyclic) bond motifs is 5. The molecule has 0 unspecified atom stereocenters. The van der Waals surface area contributed by atoms with Crippen molar-refractivity contribution in [3.05, 3.63) is 0 Å². The van der Waals surface area contributed by atoms with Crippen molar-refractivity contribution in [2.24, 2.45) is 45.6 Å². The summed E-state index contributed by atoms with van der Waals surface area (Å²) in [6, 6.07) is 0.0809. The molecular formula is C28H49N3O3. The molecule has 0 aromatic rings. The first-order valence-electron chi connectivity index (χ1n) is 14.0. The lowest BCUT2D eigenvalue weighted by molar-refractivity contribution is -0.123. The normalized spacial score (nSPS) is 42.1. The van der Waals surface area contributed by atoms with E-state index in [4.69, 9.17) is 4.84 Å². The van der Waals surface area contributed by atoms with Gasteiger partial charge in [-0.05, 0) is 120 Å². The standard InChI is InChI=1S/C28H49N3O3/c1-18(2)31(16-15-29-6)26(33)34-30-19(3)23-9-10-24-22-8-7-20-17-21(32)11-13-27(20,4)25(22)12-14-28(23,24)5/h18,20-25,29,32H,7-17H2,1-6H3/b30-19+/t20-,21+,22-,23+,24-,25-,27-,28+/m0/s1. The van der Waals surface area contributed by atoms with Crippen molar-refractivity contribution >= 4 is 11.8 Å². The Hall–Kier alpha value is -1.14. The molecule has 0 heterocycles. The average molecular weight is 476 g/mol. The number of nitrogens with zero attached hydrogens (tertiary/aromatic N) is 2. The Morgan fingerprint density at radius 3 is 2.50 bits per heavy atom. The molecule has 6 nitrogen and oxygen atoms in total. The molecule has 4 saturated carbocycles. The smallest absolute Gasteiger partial charge is 0.393 e. The van der Waals surface area contributed by atoms with Gasteiger partial charge in [0.1, 0.15) is 0 Å². The molecule has 4 aliphatic carbocycles. The number of amides is 1. The molecule has 0 aliphatic heterocycles. The topological polar surface area (TPSA) is 74.2 Å². The van der Waals surface area contributed by atoms with Crippen LogP contribution in [0.4, 0.5) is 4.79 Å². The minimum Gasteiger partial charge on any atom is -0.393 e. The summed E-state index contributed by atoms with van der Waals surface area (Å²) < 4.78 is 0. The number of oxime groups is 1. The van der Waals surface area contributed by atoms with E-state index in [1.54, 1.807) is 4.90 Å². The highest BCUT2D eigenvalue weighted by Gasteiger charge is 2.60. The monoisotopic (exact) mass is 475 g/mol. The molecular weight excluding hydrogens is 426 g/mol. The van der Waals surface area contributed by atoms with Crippen molar-refractivity contribution in [2.75, 3.05) is 20.1 Å². The van der Waals surface area contributed by atoms with Gasteiger partial charge in [-0.2, -0.15) is 0 Å². The fourth-order valence-electron chi connectivity index (χ4n) is 8.94. The molecule has 4 fully saturated rings. The molecule has 1 amide bonds. The number of nitrogens with one attached hydrogen (secondary N) is 1. The maximum atomic E-state index is 12.7. The van der Waals surface area contributed by atoms with Crippen LogP contribution in [0.1, 0.15) is 92.4 Å². The zero-order valence-electron chi connectivity index (χ0n) is 22.5. The molecule has 194 valence electrons. The lowest BCUT2D eigenvalue weighted by atomic mass is 9.44. The third-order valence-corrected chi connectivity index (χ3v) is 10.9. The number of hydrogen-bond donors (Lipinski definition) is 2. The summed E-state index contributed by atoms with van der Waals surface area (Å²) in [5, 5.41) is 17.8. The van der Waals surface area contributed by atoms with Crippen LogP contribution >= 0.6 is 0 Å². The first kappa shape index (κ1) is 25.9. The van der Waals surface area contributed by atoms with Gasteiger partial charge >= 0.3 is 6.09 Å². The second kappa shape index (κ2) is 10.1. The maximum Gasteiger partial charge on any atom is 0.436 e. The van der Waals surface area contributed by atoms with Crippen LogP contribution in [0.3, 0.4) is 0 Å². The van der Waals surface area contributed by atoms with E-state index in [9.17, 15) is 9.90 Å². The molecule has 0 bridgehead atoms. The molecule has 4 aliphatic rings. The van der Waals surface area contributed by atoms with Gasteiger partial charge in [0.2, 0.25) is 0 Å². The van der Waals surface area contributed by atoms with Crippen molar-refractivity contribution in [3.63, 3.8) is 0 Å². The Balaban J connectivity index is 1.45. The van der Waals surface area contributed by atoms with Gasteiger partial charge in [-0.1, -0.05) is 19.0 Å². The summed E-state index contributed by atoms with van der Waals surface area (Å²) in [5.41, 5.74) is 1.66. The highest BCUT2D eigenvalue weighted by Crippen LogP contribution is 2.67. The predicted molar refractivity (Wildman–Crippen MR) is 137 cm³/mol. The quantitative estimate of drug-likeness (QED) is 0.304. The number of aliphatic hydroxyl groups is 1. The van der Waals surface area contributed by atoms with Crippen LogP contribution in [-0.2, 0) is 4.84 Å². The van der Waals surface area contributed by atoms with Gasteiger partial charge in [0, 0.05) is 25.0 Å². The molecule has 34 heavy (non-hydrogen) atoms. The first-order valence-corrected chi connectivity index (χ1v) is 14.0. The number of aliphatic hydroxyl groups excluding tert-OH is 1. The van der Waals surface area contributed by atoms with Crippen LogP contribution in [0.5, 0.6) is 0 Å². The second-order valence-corrected chi connectivity index (χ2v) is 12.7. The average Bonchev–Trinajstić information content (AvgIpc) is 3.15.